The lowest BCUT2D eigenvalue weighted by atomic mass is 10.2. The van der Waals surface area contributed by atoms with Crippen LogP contribution < -0.4 is 10.1 Å². The molecule has 0 aliphatic heterocycles. The van der Waals surface area contributed by atoms with Crippen LogP contribution in [0.15, 0.2) is 34.9 Å². The van der Waals surface area contributed by atoms with Crippen LogP contribution in [0.3, 0.4) is 0 Å². The Balaban J connectivity index is 1.91. The first kappa shape index (κ1) is 16.5. The largest absolute Gasteiger partial charge is 0.494 e. The van der Waals surface area contributed by atoms with Crippen LogP contribution in [-0.2, 0) is 9.53 Å². The van der Waals surface area contributed by atoms with Crippen molar-refractivity contribution in [2.75, 3.05) is 11.9 Å². The molecule has 1 N–H and O–H groups in total. The van der Waals surface area contributed by atoms with Crippen molar-refractivity contribution in [1.29, 1.82) is 0 Å². The molecule has 122 valence electrons. The van der Waals surface area contributed by atoms with Gasteiger partial charge >= 0.3 is 5.97 Å². The number of carbonyl (C=O) groups excluding carboxylic acids is 2. The highest BCUT2D eigenvalue weighted by molar-refractivity contribution is 5.96. The van der Waals surface area contributed by atoms with Crippen LogP contribution >= 0.6 is 0 Å². The molecule has 0 bridgehead atoms. The standard InChI is InChI=1S/C16H18N2O5/c1-4-21-13-7-5-12(6-8-13)16(20)22-11(3)15(19)17-14-9-10(2)23-18-14/h5-9,11H,4H2,1-3H3,(H,17,18,19). The third-order valence-electron chi connectivity index (χ3n) is 2.93. The maximum atomic E-state index is 12.0. The molecule has 23 heavy (non-hydrogen) atoms. The fraction of sp³-hybridized carbons (Fsp3) is 0.312. The molecule has 2 rings (SSSR count). The average molecular weight is 318 g/mol. The van der Waals surface area contributed by atoms with Crippen LogP contribution in [0.4, 0.5) is 5.82 Å². The van der Waals surface area contributed by atoms with Crippen molar-refractivity contribution in [2.24, 2.45) is 0 Å². The molecule has 1 aromatic carbocycles. The van der Waals surface area contributed by atoms with Gasteiger partial charge in [-0.3, -0.25) is 4.79 Å². The molecule has 0 spiro atoms. The Kier molecular flexibility index (Phi) is 5.35. The molecule has 1 aromatic heterocycles. The zero-order valence-electron chi connectivity index (χ0n) is 13.2. The number of amides is 1. The number of hydrogen-bond acceptors (Lipinski definition) is 6. The van der Waals surface area contributed by atoms with E-state index in [9.17, 15) is 9.59 Å². The SMILES string of the molecule is CCOc1ccc(C(=O)OC(C)C(=O)Nc2cc(C)on2)cc1. The number of anilines is 1. The highest BCUT2D eigenvalue weighted by Crippen LogP contribution is 2.14. The lowest BCUT2D eigenvalue weighted by Gasteiger charge is -2.12. The maximum absolute atomic E-state index is 12.0. The smallest absolute Gasteiger partial charge is 0.338 e. The fourth-order valence-corrected chi connectivity index (χ4v) is 1.79. The van der Waals surface area contributed by atoms with E-state index in [4.69, 9.17) is 14.0 Å². The summed E-state index contributed by atoms with van der Waals surface area (Å²) in [5.41, 5.74) is 0.338. The number of rotatable bonds is 6. The molecule has 0 fully saturated rings. The van der Waals surface area contributed by atoms with Gasteiger partial charge in [-0.25, -0.2) is 4.79 Å². The van der Waals surface area contributed by atoms with Gasteiger partial charge in [0.25, 0.3) is 5.91 Å². The molecule has 1 unspecified atom stereocenters. The number of benzene rings is 1. The summed E-state index contributed by atoms with van der Waals surface area (Å²) in [6, 6.07) is 8.07. The first-order valence-corrected chi connectivity index (χ1v) is 7.17. The minimum atomic E-state index is -0.967. The second-order valence-corrected chi connectivity index (χ2v) is 4.82. The molecule has 0 saturated carbocycles. The monoisotopic (exact) mass is 318 g/mol. The van der Waals surface area contributed by atoms with Crippen LogP contribution in [0.25, 0.3) is 0 Å². The minimum Gasteiger partial charge on any atom is -0.494 e. The van der Waals surface area contributed by atoms with E-state index in [1.54, 1.807) is 37.3 Å². The van der Waals surface area contributed by atoms with Crippen molar-refractivity contribution in [3.8, 4) is 5.75 Å². The molecule has 1 heterocycles. The van der Waals surface area contributed by atoms with Gasteiger partial charge in [-0.1, -0.05) is 5.16 Å². The Morgan fingerprint density at radius 3 is 2.57 bits per heavy atom. The van der Waals surface area contributed by atoms with Gasteiger partial charge in [-0.05, 0) is 45.0 Å². The number of nitrogens with one attached hydrogen (secondary N) is 1. The van der Waals surface area contributed by atoms with Gasteiger partial charge in [0.15, 0.2) is 11.9 Å². The van der Waals surface area contributed by atoms with E-state index in [0.29, 0.717) is 23.7 Å². The molecule has 0 radical (unpaired) electrons. The van der Waals surface area contributed by atoms with E-state index in [-0.39, 0.29) is 5.82 Å². The summed E-state index contributed by atoms with van der Waals surface area (Å²) in [5, 5.41) is 6.15. The van der Waals surface area contributed by atoms with Crippen molar-refractivity contribution in [3.63, 3.8) is 0 Å². The van der Waals surface area contributed by atoms with E-state index in [2.05, 4.69) is 10.5 Å². The molecule has 1 amide bonds. The molecule has 7 nitrogen and oxygen atoms in total. The third-order valence-corrected chi connectivity index (χ3v) is 2.93. The quantitative estimate of drug-likeness (QED) is 0.823. The summed E-state index contributed by atoms with van der Waals surface area (Å²) in [5.74, 6) is 0.427. The first-order chi connectivity index (χ1) is 11.0. The van der Waals surface area contributed by atoms with Crippen molar-refractivity contribution >= 4 is 17.7 Å². The average Bonchev–Trinajstić information content (AvgIpc) is 2.93. The highest BCUT2D eigenvalue weighted by atomic mass is 16.5. The second-order valence-electron chi connectivity index (χ2n) is 4.82. The Labute approximate surface area is 133 Å². The second kappa shape index (κ2) is 7.44. The van der Waals surface area contributed by atoms with Gasteiger partial charge in [0, 0.05) is 6.07 Å². The number of nitrogens with zero attached hydrogens (tertiary/aromatic N) is 1. The molecule has 0 aliphatic rings. The third kappa shape index (κ3) is 4.57. The predicted molar refractivity (Wildman–Crippen MR) is 82.4 cm³/mol. The first-order valence-electron chi connectivity index (χ1n) is 7.17. The van der Waals surface area contributed by atoms with E-state index < -0.39 is 18.0 Å². The Morgan fingerprint density at radius 2 is 2.00 bits per heavy atom. The molecule has 2 aromatic rings. The normalized spacial score (nSPS) is 11.6. The van der Waals surface area contributed by atoms with Crippen molar-refractivity contribution < 1.29 is 23.6 Å². The van der Waals surface area contributed by atoms with E-state index in [1.807, 2.05) is 6.92 Å². The van der Waals surface area contributed by atoms with E-state index >= 15 is 0 Å². The van der Waals surface area contributed by atoms with Crippen LogP contribution in [-0.4, -0.2) is 29.7 Å². The highest BCUT2D eigenvalue weighted by Gasteiger charge is 2.20. The number of carbonyl (C=O) groups is 2. The number of hydrogen-bond donors (Lipinski definition) is 1. The molecular weight excluding hydrogens is 300 g/mol. The molecule has 0 saturated heterocycles. The maximum Gasteiger partial charge on any atom is 0.338 e. The van der Waals surface area contributed by atoms with Crippen molar-refractivity contribution in [2.45, 2.75) is 26.9 Å². The number of aromatic nitrogens is 1. The Bertz CT molecular complexity index is 678. The lowest BCUT2D eigenvalue weighted by molar-refractivity contribution is -0.123. The van der Waals surface area contributed by atoms with Crippen LogP contribution in [0.1, 0.15) is 30.0 Å². The van der Waals surface area contributed by atoms with Crippen LogP contribution in [0, 0.1) is 6.92 Å². The van der Waals surface area contributed by atoms with Crippen LogP contribution in [0.5, 0.6) is 5.75 Å². The van der Waals surface area contributed by atoms with Crippen molar-refractivity contribution in [1.82, 2.24) is 5.16 Å². The van der Waals surface area contributed by atoms with Gasteiger partial charge in [-0.2, -0.15) is 0 Å². The zero-order chi connectivity index (χ0) is 16.8. The topological polar surface area (TPSA) is 90.7 Å². The Morgan fingerprint density at radius 1 is 1.30 bits per heavy atom. The van der Waals surface area contributed by atoms with Gasteiger partial charge in [0.2, 0.25) is 0 Å². The molecule has 1 atom stereocenters. The van der Waals surface area contributed by atoms with Gasteiger partial charge in [-0.15, -0.1) is 0 Å². The summed E-state index contributed by atoms with van der Waals surface area (Å²) in [6.45, 7) is 5.61. The number of aryl methyl sites for hydroxylation is 1. The van der Waals surface area contributed by atoms with Crippen LogP contribution in [0.2, 0.25) is 0 Å². The minimum absolute atomic E-state index is 0.275. The van der Waals surface area contributed by atoms with E-state index in [1.165, 1.54) is 6.92 Å². The molecule has 0 aliphatic carbocycles. The summed E-state index contributed by atoms with van der Waals surface area (Å²) in [6.07, 6.45) is -0.967. The van der Waals surface area contributed by atoms with Gasteiger partial charge in [0.05, 0.1) is 12.2 Å². The summed E-state index contributed by atoms with van der Waals surface area (Å²) >= 11 is 0. The summed E-state index contributed by atoms with van der Waals surface area (Å²) in [7, 11) is 0. The van der Waals surface area contributed by atoms with E-state index in [0.717, 1.165) is 0 Å². The predicted octanol–water partition coefficient (Wildman–Crippen LogP) is 2.57. The number of ether oxygens (including phenoxy) is 2. The van der Waals surface area contributed by atoms with Gasteiger partial charge in [0.1, 0.15) is 11.5 Å². The fourth-order valence-electron chi connectivity index (χ4n) is 1.79. The Hall–Kier alpha value is -2.83. The molecular formula is C16H18N2O5. The summed E-state index contributed by atoms with van der Waals surface area (Å²) < 4.78 is 15.3. The van der Waals surface area contributed by atoms with Crippen molar-refractivity contribution in [3.05, 3.63) is 41.7 Å². The lowest BCUT2D eigenvalue weighted by Crippen LogP contribution is -2.30. The van der Waals surface area contributed by atoms with Gasteiger partial charge < -0.3 is 19.3 Å². The summed E-state index contributed by atoms with van der Waals surface area (Å²) in [4.78, 5) is 23.9. The zero-order valence-corrected chi connectivity index (χ0v) is 13.2. The number of esters is 1. The molecule has 7 heteroatoms.